The lowest BCUT2D eigenvalue weighted by Gasteiger charge is -2.07. The molecule has 1 aliphatic carbocycles. The number of benzene rings is 1. The Bertz CT molecular complexity index is 432. The van der Waals surface area contributed by atoms with E-state index in [2.05, 4.69) is 19.9 Å². The van der Waals surface area contributed by atoms with Gasteiger partial charge in [0.2, 0.25) is 0 Å². The van der Waals surface area contributed by atoms with E-state index in [-0.39, 0.29) is 12.0 Å². The first-order valence-corrected chi connectivity index (χ1v) is 5.63. The van der Waals surface area contributed by atoms with E-state index in [1.165, 1.54) is 0 Å². The monoisotopic (exact) mass is 232 g/mol. The number of carbonyl (C=O) groups excluding carboxylic acids is 1. The normalized spacial score (nSPS) is 16.0. The molecule has 1 aromatic carbocycles. The Hall–Kier alpha value is -1.77. The predicted molar refractivity (Wildman–Crippen MR) is 64.4 cm³/mol. The van der Waals surface area contributed by atoms with Crippen molar-refractivity contribution in [2.24, 2.45) is 5.41 Å². The average molecular weight is 232 g/mol. The van der Waals surface area contributed by atoms with Crippen LogP contribution in [0.15, 0.2) is 42.0 Å². The molecule has 1 aromatic rings. The number of allylic oxidation sites excluding steroid dienone is 1. The molecular weight excluding hydrogens is 216 g/mol. The van der Waals surface area contributed by atoms with E-state index in [4.69, 9.17) is 9.47 Å². The van der Waals surface area contributed by atoms with Gasteiger partial charge >= 0.3 is 6.16 Å². The van der Waals surface area contributed by atoms with Gasteiger partial charge in [0.1, 0.15) is 13.2 Å². The molecule has 1 aliphatic rings. The molecule has 3 nitrogen and oxygen atoms in total. The van der Waals surface area contributed by atoms with Crippen molar-refractivity contribution >= 4 is 6.16 Å². The van der Waals surface area contributed by atoms with Crippen LogP contribution < -0.4 is 0 Å². The molecule has 3 heteroatoms. The fraction of sp³-hybridized carbons (Fsp3) is 0.357. The molecule has 0 saturated heterocycles. The molecule has 90 valence electrons. The van der Waals surface area contributed by atoms with Gasteiger partial charge in [-0.1, -0.05) is 50.3 Å². The topological polar surface area (TPSA) is 35.5 Å². The fourth-order valence-corrected chi connectivity index (χ4v) is 1.52. The van der Waals surface area contributed by atoms with E-state index >= 15 is 0 Å². The minimum Gasteiger partial charge on any atom is -0.430 e. The lowest BCUT2D eigenvalue weighted by molar-refractivity contribution is 0.0557. The molecule has 0 heterocycles. The van der Waals surface area contributed by atoms with Crippen molar-refractivity contribution < 1.29 is 14.3 Å². The first kappa shape index (κ1) is 11.7. The molecule has 0 N–H and O–H groups in total. The summed E-state index contributed by atoms with van der Waals surface area (Å²) in [5, 5.41) is 0. The van der Waals surface area contributed by atoms with Gasteiger partial charge in [0.05, 0.1) is 0 Å². The number of carbonyl (C=O) groups is 1. The van der Waals surface area contributed by atoms with Crippen molar-refractivity contribution in [3.05, 3.63) is 47.5 Å². The second-order valence-electron chi connectivity index (χ2n) is 4.70. The Kier molecular flexibility index (Phi) is 3.18. The van der Waals surface area contributed by atoms with E-state index in [1.807, 2.05) is 30.3 Å². The molecular formula is C14H16O3. The Balaban J connectivity index is 1.67. The lowest BCUT2D eigenvalue weighted by Crippen LogP contribution is -2.09. The Morgan fingerprint density at radius 3 is 2.29 bits per heavy atom. The third-order valence-electron chi connectivity index (χ3n) is 2.82. The van der Waals surface area contributed by atoms with Crippen LogP contribution in [0.2, 0.25) is 0 Å². The Morgan fingerprint density at radius 2 is 1.71 bits per heavy atom. The zero-order valence-corrected chi connectivity index (χ0v) is 10.1. The van der Waals surface area contributed by atoms with Crippen LogP contribution in [0.25, 0.3) is 0 Å². The van der Waals surface area contributed by atoms with E-state index in [0.29, 0.717) is 6.61 Å². The van der Waals surface area contributed by atoms with Crippen molar-refractivity contribution in [3.8, 4) is 0 Å². The summed E-state index contributed by atoms with van der Waals surface area (Å²) >= 11 is 0. The quantitative estimate of drug-likeness (QED) is 0.590. The van der Waals surface area contributed by atoms with Crippen LogP contribution in [0.3, 0.4) is 0 Å². The molecule has 0 aliphatic heterocycles. The molecule has 0 unspecified atom stereocenters. The standard InChI is InChI=1S/C14H16O3/c1-14(2)8-12(14)10-17-13(15)16-9-11-6-4-3-5-7-11/h3-8H,9-10H2,1-2H3. The SMILES string of the molecule is CC1(C)C=C1COC(=O)OCc1ccccc1. The zero-order valence-electron chi connectivity index (χ0n) is 10.1. The van der Waals surface area contributed by atoms with Gasteiger partial charge in [-0.05, 0) is 11.1 Å². The molecule has 17 heavy (non-hydrogen) atoms. The summed E-state index contributed by atoms with van der Waals surface area (Å²) in [7, 11) is 0. The van der Waals surface area contributed by atoms with Crippen molar-refractivity contribution in [1.82, 2.24) is 0 Å². The van der Waals surface area contributed by atoms with Crippen molar-refractivity contribution in [2.75, 3.05) is 6.61 Å². The number of ether oxygens (including phenoxy) is 2. The maximum atomic E-state index is 11.3. The van der Waals surface area contributed by atoms with Gasteiger partial charge in [0.15, 0.2) is 0 Å². The molecule has 2 rings (SSSR count). The van der Waals surface area contributed by atoms with Crippen LogP contribution in [0.4, 0.5) is 4.79 Å². The minimum absolute atomic E-state index is 0.125. The number of hydrogen-bond acceptors (Lipinski definition) is 3. The second kappa shape index (κ2) is 4.62. The molecule has 0 fully saturated rings. The van der Waals surface area contributed by atoms with E-state index in [1.54, 1.807) is 0 Å². The maximum Gasteiger partial charge on any atom is 0.508 e. The zero-order chi connectivity index (χ0) is 12.3. The summed E-state index contributed by atoms with van der Waals surface area (Å²) in [4.78, 5) is 11.3. The van der Waals surface area contributed by atoms with Crippen LogP contribution in [0, 0.1) is 5.41 Å². The summed E-state index contributed by atoms with van der Waals surface area (Å²) in [6, 6.07) is 9.53. The summed E-state index contributed by atoms with van der Waals surface area (Å²) in [5.74, 6) is 0. The van der Waals surface area contributed by atoms with E-state index in [9.17, 15) is 4.79 Å². The summed E-state index contributed by atoms with van der Waals surface area (Å²) in [6.07, 6.45) is 1.47. The Labute approximate surface area is 101 Å². The smallest absolute Gasteiger partial charge is 0.430 e. The first-order chi connectivity index (χ1) is 8.08. The highest BCUT2D eigenvalue weighted by Gasteiger charge is 2.34. The highest BCUT2D eigenvalue weighted by atomic mass is 16.7. The molecule has 0 radical (unpaired) electrons. The second-order valence-corrected chi connectivity index (χ2v) is 4.70. The highest BCUT2D eigenvalue weighted by molar-refractivity contribution is 5.60. The van der Waals surface area contributed by atoms with Crippen molar-refractivity contribution in [1.29, 1.82) is 0 Å². The van der Waals surface area contributed by atoms with E-state index < -0.39 is 6.16 Å². The van der Waals surface area contributed by atoms with Gasteiger partial charge < -0.3 is 9.47 Å². The van der Waals surface area contributed by atoms with Gasteiger partial charge in [-0.3, -0.25) is 0 Å². The number of hydrogen-bond donors (Lipinski definition) is 0. The molecule has 0 saturated carbocycles. The van der Waals surface area contributed by atoms with Gasteiger partial charge in [-0.15, -0.1) is 0 Å². The minimum atomic E-state index is -0.613. The predicted octanol–water partition coefficient (Wildman–Crippen LogP) is 3.31. The average Bonchev–Trinajstić information content (AvgIpc) is 2.93. The summed E-state index contributed by atoms with van der Waals surface area (Å²) in [5.41, 5.74) is 2.23. The third kappa shape index (κ3) is 3.34. The first-order valence-electron chi connectivity index (χ1n) is 5.63. The molecule has 0 spiro atoms. The third-order valence-corrected chi connectivity index (χ3v) is 2.82. The molecule has 0 bridgehead atoms. The maximum absolute atomic E-state index is 11.3. The van der Waals surface area contributed by atoms with Crippen LogP contribution in [0.5, 0.6) is 0 Å². The van der Waals surface area contributed by atoms with Gasteiger partial charge in [-0.2, -0.15) is 0 Å². The van der Waals surface area contributed by atoms with Crippen molar-refractivity contribution in [2.45, 2.75) is 20.5 Å². The van der Waals surface area contributed by atoms with Crippen LogP contribution in [0.1, 0.15) is 19.4 Å². The van der Waals surface area contributed by atoms with Gasteiger partial charge in [0.25, 0.3) is 0 Å². The molecule has 0 atom stereocenters. The van der Waals surface area contributed by atoms with Crippen molar-refractivity contribution in [3.63, 3.8) is 0 Å². The lowest BCUT2D eigenvalue weighted by atomic mass is 10.1. The van der Waals surface area contributed by atoms with Crippen LogP contribution in [-0.2, 0) is 16.1 Å². The molecule has 0 amide bonds. The fourth-order valence-electron chi connectivity index (χ4n) is 1.52. The highest BCUT2D eigenvalue weighted by Crippen LogP contribution is 2.42. The largest absolute Gasteiger partial charge is 0.508 e. The van der Waals surface area contributed by atoms with Crippen LogP contribution >= 0.6 is 0 Å². The van der Waals surface area contributed by atoms with Gasteiger partial charge in [-0.25, -0.2) is 4.79 Å². The van der Waals surface area contributed by atoms with E-state index in [0.717, 1.165) is 11.1 Å². The van der Waals surface area contributed by atoms with Crippen LogP contribution in [-0.4, -0.2) is 12.8 Å². The van der Waals surface area contributed by atoms with Gasteiger partial charge in [0, 0.05) is 5.41 Å². The number of rotatable bonds is 4. The molecule has 0 aromatic heterocycles. The summed E-state index contributed by atoms with van der Waals surface area (Å²) < 4.78 is 9.98. The summed E-state index contributed by atoms with van der Waals surface area (Å²) in [6.45, 7) is 4.75. The Morgan fingerprint density at radius 1 is 1.12 bits per heavy atom.